The molecule has 3 aliphatic rings. The Labute approximate surface area is 150 Å². The highest BCUT2D eigenvalue weighted by Crippen LogP contribution is 2.27. The molecule has 2 aromatic rings. The Hall–Kier alpha value is -1.66. The van der Waals surface area contributed by atoms with E-state index in [1.807, 2.05) is 35.1 Å². The number of piperidine rings is 3. The normalized spacial score (nSPS) is 25.6. The van der Waals surface area contributed by atoms with Crippen molar-refractivity contribution < 1.29 is 4.79 Å². The summed E-state index contributed by atoms with van der Waals surface area (Å²) < 4.78 is 2.84. The van der Waals surface area contributed by atoms with Crippen LogP contribution in [0.1, 0.15) is 28.8 Å². The van der Waals surface area contributed by atoms with Gasteiger partial charge in [0.1, 0.15) is 0 Å². The maximum Gasteiger partial charge on any atom is 0.251 e. The Bertz CT molecular complexity index is 719. The van der Waals surface area contributed by atoms with Gasteiger partial charge in [-0.05, 0) is 65.5 Å². The van der Waals surface area contributed by atoms with Crippen molar-refractivity contribution in [2.24, 2.45) is 5.92 Å². The smallest absolute Gasteiger partial charge is 0.251 e. The first kappa shape index (κ1) is 15.8. The monoisotopic (exact) mass is 388 g/mol. The first-order valence-electron chi connectivity index (χ1n) is 8.47. The van der Waals surface area contributed by atoms with Gasteiger partial charge in [0.25, 0.3) is 5.91 Å². The van der Waals surface area contributed by atoms with E-state index in [0.29, 0.717) is 18.5 Å². The standard InChI is InChI=1S/C18H21BrN4O/c19-16-9-20-23(11-16)10-13-1-3-15(4-2-13)18(24)21-17-12-22-7-5-14(17)6-8-22/h1-4,9,11,14,17H,5-8,10,12H2,(H,21,24). The first-order chi connectivity index (χ1) is 11.7. The summed E-state index contributed by atoms with van der Waals surface area (Å²) in [5, 5.41) is 7.49. The Morgan fingerprint density at radius 3 is 2.58 bits per heavy atom. The van der Waals surface area contributed by atoms with E-state index >= 15 is 0 Å². The lowest BCUT2D eigenvalue weighted by Crippen LogP contribution is -2.57. The van der Waals surface area contributed by atoms with Crippen LogP contribution in [0.25, 0.3) is 0 Å². The zero-order chi connectivity index (χ0) is 16.5. The summed E-state index contributed by atoms with van der Waals surface area (Å²) in [7, 11) is 0. The number of amides is 1. The molecule has 0 saturated carbocycles. The fourth-order valence-corrected chi connectivity index (χ4v) is 4.08. The SMILES string of the molecule is O=C(NC1CN2CCC1CC2)c1ccc(Cn2cc(Br)cn2)cc1. The lowest BCUT2D eigenvalue weighted by atomic mass is 9.84. The highest BCUT2D eigenvalue weighted by molar-refractivity contribution is 9.10. The third kappa shape index (κ3) is 3.39. The van der Waals surface area contributed by atoms with Gasteiger partial charge in [0.05, 0.1) is 17.2 Å². The van der Waals surface area contributed by atoms with Gasteiger partial charge in [0, 0.05) is 24.3 Å². The molecule has 6 heteroatoms. The minimum absolute atomic E-state index is 0.0436. The summed E-state index contributed by atoms with van der Waals surface area (Å²) in [6, 6.07) is 8.12. The van der Waals surface area contributed by atoms with E-state index in [4.69, 9.17) is 0 Å². The van der Waals surface area contributed by atoms with Crippen LogP contribution in [0.4, 0.5) is 0 Å². The summed E-state index contributed by atoms with van der Waals surface area (Å²) in [5.41, 5.74) is 1.86. The summed E-state index contributed by atoms with van der Waals surface area (Å²) in [6.07, 6.45) is 6.14. The molecule has 1 unspecified atom stereocenters. The number of benzene rings is 1. The molecule has 1 N–H and O–H groups in total. The van der Waals surface area contributed by atoms with Gasteiger partial charge in [0.15, 0.2) is 0 Å². The van der Waals surface area contributed by atoms with Gasteiger partial charge in [-0.3, -0.25) is 9.48 Å². The molecule has 1 aromatic carbocycles. The predicted octanol–water partition coefficient (Wildman–Crippen LogP) is 2.52. The Balaban J connectivity index is 1.38. The zero-order valence-electron chi connectivity index (χ0n) is 13.5. The van der Waals surface area contributed by atoms with Gasteiger partial charge in [0.2, 0.25) is 0 Å². The largest absolute Gasteiger partial charge is 0.348 e. The van der Waals surface area contributed by atoms with Crippen LogP contribution >= 0.6 is 15.9 Å². The second kappa shape index (κ2) is 6.69. The number of rotatable bonds is 4. The van der Waals surface area contributed by atoms with Crippen molar-refractivity contribution in [2.75, 3.05) is 19.6 Å². The van der Waals surface area contributed by atoms with E-state index in [-0.39, 0.29) is 5.91 Å². The summed E-state index contributed by atoms with van der Waals surface area (Å²) in [4.78, 5) is 15.0. The van der Waals surface area contributed by atoms with Crippen LogP contribution < -0.4 is 5.32 Å². The van der Waals surface area contributed by atoms with E-state index in [1.54, 1.807) is 6.20 Å². The third-order valence-electron chi connectivity index (χ3n) is 5.14. The summed E-state index contributed by atoms with van der Waals surface area (Å²) >= 11 is 3.40. The number of nitrogens with zero attached hydrogens (tertiary/aromatic N) is 3. The lowest BCUT2D eigenvalue weighted by Gasteiger charge is -2.44. The molecule has 5 rings (SSSR count). The van der Waals surface area contributed by atoms with Crippen LogP contribution in [0.3, 0.4) is 0 Å². The molecule has 1 atom stereocenters. The molecule has 3 fully saturated rings. The molecule has 3 aliphatic heterocycles. The van der Waals surface area contributed by atoms with E-state index in [0.717, 1.165) is 22.1 Å². The topological polar surface area (TPSA) is 50.2 Å². The van der Waals surface area contributed by atoms with Gasteiger partial charge < -0.3 is 10.2 Å². The fourth-order valence-electron chi connectivity index (χ4n) is 3.75. The fraction of sp³-hybridized carbons (Fsp3) is 0.444. The van der Waals surface area contributed by atoms with Crippen molar-refractivity contribution in [1.29, 1.82) is 0 Å². The van der Waals surface area contributed by atoms with Gasteiger partial charge in [-0.1, -0.05) is 12.1 Å². The molecular formula is C18H21BrN4O. The van der Waals surface area contributed by atoms with Gasteiger partial charge in [-0.25, -0.2) is 0 Å². The minimum Gasteiger partial charge on any atom is -0.348 e. The Kier molecular flexibility index (Phi) is 4.41. The number of carbonyl (C=O) groups excluding carboxylic acids is 1. The second-order valence-electron chi connectivity index (χ2n) is 6.77. The van der Waals surface area contributed by atoms with Crippen molar-refractivity contribution in [2.45, 2.75) is 25.4 Å². The highest BCUT2D eigenvalue weighted by atomic mass is 79.9. The molecular weight excluding hydrogens is 368 g/mol. The van der Waals surface area contributed by atoms with Crippen molar-refractivity contribution in [3.63, 3.8) is 0 Å². The van der Waals surface area contributed by atoms with E-state index < -0.39 is 0 Å². The molecule has 126 valence electrons. The maximum atomic E-state index is 12.5. The first-order valence-corrected chi connectivity index (χ1v) is 9.27. The number of carbonyl (C=O) groups is 1. The third-order valence-corrected chi connectivity index (χ3v) is 5.54. The number of fused-ring (bicyclic) bond motifs is 3. The van der Waals surface area contributed by atoms with Crippen molar-refractivity contribution in [3.05, 3.63) is 52.3 Å². The molecule has 0 spiro atoms. The van der Waals surface area contributed by atoms with Crippen LogP contribution in [0.5, 0.6) is 0 Å². The molecule has 4 heterocycles. The summed E-state index contributed by atoms with van der Waals surface area (Å²) in [5.74, 6) is 0.693. The zero-order valence-corrected chi connectivity index (χ0v) is 15.1. The Morgan fingerprint density at radius 1 is 1.25 bits per heavy atom. The van der Waals surface area contributed by atoms with Crippen LogP contribution in [0, 0.1) is 5.92 Å². The number of nitrogens with one attached hydrogen (secondary N) is 1. The van der Waals surface area contributed by atoms with Gasteiger partial charge >= 0.3 is 0 Å². The Morgan fingerprint density at radius 2 is 2.00 bits per heavy atom. The van der Waals surface area contributed by atoms with Crippen molar-refractivity contribution in [3.8, 4) is 0 Å². The molecule has 0 radical (unpaired) electrons. The van der Waals surface area contributed by atoms with Crippen LogP contribution in [-0.2, 0) is 6.54 Å². The maximum absolute atomic E-state index is 12.5. The molecule has 3 saturated heterocycles. The number of hydrogen-bond donors (Lipinski definition) is 1. The molecule has 2 bridgehead atoms. The average molecular weight is 389 g/mol. The van der Waals surface area contributed by atoms with Crippen molar-refractivity contribution in [1.82, 2.24) is 20.0 Å². The van der Waals surface area contributed by atoms with E-state index in [1.165, 1.54) is 25.9 Å². The van der Waals surface area contributed by atoms with E-state index in [2.05, 4.69) is 31.2 Å². The number of aromatic nitrogens is 2. The van der Waals surface area contributed by atoms with Crippen LogP contribution in [-0.4, -0.2) is 46.3 Å². The summed E-state index contributed by atoms with van der Waals surface area (Å²) in [6.45, 7) is 4.08. The second-order valence-corrected chi connectivity index (χ2v) is 7.69. The molecule has 24 heavy (non-hydrogen) atoms. The van der Waals surface area contributed by atoms with Crippen LogP contribution in [0.2, 0.25) is 0 Å². The van der Waals surface area contributed by atoms with Gasteiger partial charge in [-0.15, -0.1) is 0 Å². The minimum atomic E-state index is 0.0436. The van der Waals surface area contributed by atoms with E-state index in [9.17, 15) is 4.79 Å². The predicted molar refractivity (Wildman–Crippen MR) is 95.9 cm³/mol. The van der Waals surface area contributed by atoms with Crippen LogP contribution in [0.15, 0.2) is 41.1 Å². The molecule has 1 aromatic heterocycles. The van der Waals surface area contributed by atoms with Crippen molar-refractivity contribution >= 4 is 21.8 Å². The quantitative estimate of drug-likeness (QED) is 0.875. The molecule has 1 amide bonds. The molecule has 5 nitrogen and oxygen atoms in total. The molecule has 0 aliphatic carbocycles. The number of hydrogen-bond acceptors (Lipinski definition) is 3. The number of halogens is 1. The average Bonchev–Trinajstić information content (AvgIpc) is 3.01. The highest BCUT2D eigenvalue weighted by Gasteiger charge is 2.34. The lowest BCUT2D eigenvalue weighted by molar-refractivity contribution is 0.0620. The van der Waals surface area contributed by atoms with Gasteiger partial charge in [-0.2, -0.15) is 5.10 Å².